The van der Waals surface area contributed by atoms with Crippen LogP contribution >= 0.6 is 0 Å². The Balaban J connectivity index is 2.28. The van der Waals surface area contributed by atoms with Gasteiger partial charge in [-0.05, 0) is 55.9 Å². The van der Waals surface area contributed by atoms with Gasteiger partial charge in [-0.3, -0.25) is 20.9 Å². The van der Waals surface area contributed by atoms with Gasteiger partial charge in [0.2, 0.25) is 5.96 Å². The van der Waals surface area contributed by atoms with Gasteiger partial charge in [0.15, 0.2) is 0 Å². The smallest absolute Gasteiger partial charge is 0.398 e. The van der Waals surface area contributed by atoms with Crippen molar-refractivity contribution in [3.05, 3.63) is 40.2 Å². The summed E-state index contributed by atoms with van der Waals surface area (Å²) >= 11 is 0. The predicted molar refractivity (Wildman–Crippen MR) is 129 cm³/mol. The molecule has 1 aliphatic carbocycles. The number of alkyl halides is 3. The molecular formula is C22H24F3N9O. The van der Waals surface area contributed by atoms with Gasteiger partial charge < -0.3 is 22.6 Å². The molecule has 1 amide bonds. The molecule has 35 heavy (non-hydrogen) atoms. The number of nitrogen functional groups attached to an aromatic ring is 1. The number of hydrogen-bond acceptors (Lipinski definition) is 7. The van der Waals surface area contributed by atoms with Gasteiger partial charge in [-0.1, -0.05) is 0 Å². The molecule has 0 saturated carbocycles. The van der Waals surface area contributed by atoms with Crippen LogP contribution < -0.4 is 22.5 Å². The summed E-state index contributed by atoms with van der Waals surface area (Å²) in [5.74, 6) is -1.50. The van der Waals surface area contributed by atoms with Crippen molar-refractivity contribution in [2.24, 2.45) is 16.5 Å². The lowest BCUT2D eigenvalue weighted by Crippen LogP contribution is -2.36. The Labute approximate surface area is 198 Å². The second-order valence-electron chi connectivity index (χ2n) is 7.95. The van der Waals surface area contributed by atoms with Gasteiger partial charge >= 0.3 is 6.18 Å². The van der Waals surface area contributed by atoms with E-state index in [1.807, 2.05) is 0 Å². The fourth-order valence-electron chi connectivity index (χ4n) is 4.04. The number of aromatic nitrogens is 1. The van der Waals surface area contributed by atoms with E-state index in [2.05, 4.69) is 15.3 Å². The van der Waals surface area contributed by atoms with E-state index in [1.54, 1.807) is 0 Å². The number of amides is 1. The average molecular weight is 487 g/mol. The minimum absolute atomic E-state index is 0.0329. The van der Waals surface area contributed by atoms with Crippen LogP contribution in [-0.4, -0.2) is 40.8 Å². The first-order valence-electron chi connectivity index (χ1n) is 10.5. The third kappa shape index (κ3) is 4.98. The summed E-state index contributed by atoms with van der Waals surface area (Å²) in [6.07, 6.45) is -2.12. The number of guanidine groups is 1. The largest absolute Gasteiger partial charge is 0.431 e. The Hall–Kier alpha value is -4.29. The second-order valence-corrected chi connectivity index (χ2v) is 7.95. The molecule has 10 nitrogen and oxygen atoms in total. The van der Waals surface area contributed by atoms with Crippen LogP contribution in [0.25, 0.3) is 16.5 Å². The van der Waals surface area contributed by atoms with E-state index >= 15 is 0 Å². The van der Waals surface area contributed by atoms with Crippen LogP contribution in [0.4, 0.5) is 18.9 Å². The molecular weight excluding hydrogens is 463 g/mol. The molecule has 0 saturated heterocycles. The number of nitrogens with zero attached hydrogens (tertiary/aromatic N) is 2. The van der Waals surface area contributed by atoms with Crippen molar-refractivity contribution < 1.29 is 18.0 Å². The highest BCUT2D eigenvalue weighted by Crippen LogP contribution is 2.38. The monoisotopic (exact) mass is 487 g/mol. The van der Waals surface area contributed by atoms with Gasteiger partial charge in [-0.15, -0.1) is 0 Å². The fraction of sp³-hybridized carbons (Fsp3) is 0.273. The number of allylic oxidation sites excluding steroid dienone is 2. The zero-order valence-corrected chi connectivity index (χ0v) is 18.7. The van der Waals surface area contributed by atoms with Gasteiger partial charge in [0.25, 0.3) is 5.91 Å². The summed E-state index contributed by atoms with van der Waals surface area (Å²) in [6.45, 7) is 1.42. The standard InChI is InChI=1S/C22H24F3N9O/c1-9(27)32-21(31)34-20(35)17(29)16-13(28)6-7-14-15(16)10-4-2-3-5-11(10)18(33-14)12(8-26)19(30)22(23,24)25/h6-8,26,29H,2-5,28,30H2,1H3,(H4,27,31,32,34,35). The minimum atomic E-state index is -4.85. The molecule has 0 fully saturated rings. The van der Waals surface area contributed by atoms with Gasteiger partial charge in [-0.2, -0.15) is 13.2 Å². The van der Waals surface area contributed by atoms with E-state index in [4.69, 9.17) is 33.4 Å². The van der Waals surface area contributed by atoms with Crippen LogP contribution in [0.3, 0.4) is 0 Å². The number of carbonyl (C=O) groups excluding carboxylic acids is 1. The predicted octanol–water partition coefficient (Wildman–Crippen LogP) is 2.37. The summed E-state index contributed by atoms with van der Waals surface area (Å²) < 4.78 is 40.1. The Morgan fingerprint density at radius 3 is 2.37 bits per heavy atom. The lowest BCUT2D eigenvalue weighted by molar-refractivity contribution is -0.113. The summed E-state index contributed by atoms with van der Waals surface area (Å²) in [5, 5.41) is 26.3. The lowest BCUT2D eigenvalue weighted by Gasteiger charge is -2.24. The number of nitrogens with one attached hydrogen (secondary N) is 4. The number of anilines is 1. The number of carbonyl (C=O) groups is 1. The van der Waals surface area contributed by atoms with E-state index < -0.39 is 35.0 Å². The normalized spacial score (nSPS) is 14.7. The molecule has 0 bridgehead atoms. The number of fused-ring (bicyclic) bond motifs is 3. The summed E-state index contributed by atoms with van der Waals surface area (Å²) in [4.78, 5) is 20.7. The van der Waals surface area contributed by atoms with Crippen molar-refractivity contribution in [1.82, 2.24) is 10.3 Å². The quantitative estimate of drug-likeness (QED) is 0.196. The third-order valence-corrected chi connectivity index (χ3v) is 5.50. The number of benzene rings is 1. The molecule has 1 heterocycles. The Morgan fingerprint density at radius 1 is 1.17 bits per heavy atom. The molecule has 1 aromatic carbocycles. The zero-order chi connectivity index (χ0) is 26.1. The molecule has 13 heteroatoms. The van der Waals surface area contributed by atoms with Gasteiger partial charge in [0.1, 0.15) is 11.4 Å². The zero-order valence-electron chi connectivity index (χ0n) is 18.7. The van der Waals surface area contributed by atoms with Crippen LogP contribution in [0.15, 0.2) is 22.8 Å². The molecule has 0 unspecified atom stereocenters. The Morgan fingerprint density at radius 2 is 1.80 bits per heavy atom. The Bertz CT molecular complexity index is 1320. The van der Waals surface area contributed by atoms with Crippen LogP contribution in [0, 0.1) is 16.2 Å². The SMILES string of the molecule is CC(N)=NC(=N)NC(=O)C(=N)c1c(N)ccc2nc(C(C=N)=C(N)C(F)(F)F)c3c(c12)CCCC3. The molecule has 184 valence electrons. The van der Waals surface area contributed by atoms with Crippen LogP contribution in [-0.2, 0) is 17.6 Å². The van der Waals surface area contributed by atoms with Crippen molar-refractivity contribution in [2.75, 3.05) is 5.73 Å². The maximum atomic E-state index is 13.4. The van der Waals surface area contributed by atoms with Crippen molar-refractivity contribution >= 4 is 51.8 Å². The van der Waals surface area contributed by atoms with Crippen molar-refractivity contribution in [3.63, 3.8) is 0 Å². The van der Waals surface area contributed by atoms with E-state index in [-0.39, 0.29) is 28.3 Å². The first-order chi connectivity index (χ1) is 16.4. The molecule has 10 N–H and O–H groups in total. The highest BCUT2D eigenvalue weighted by Gasteiger charge is 2.36. The molecule has 1 aliphatic rings. The number of aryl methyl sites for hydroxylation is 1. The number of rotatable bonds is 4. The number of amidine groups is 1. The Kier molecular flexibility index (Phi) is 6.89. The van der Waals surface area contributed by atoms with Crippen molar-refractivity contribution in [3.8, 4) is 0 Å². The molecule has 0 spiro atoms. The molecule has 1 aromatic heterocycles. The number of hydrogen-bond donors (Lipinski definition) is 7. The molecule has 0 aliphatic heterocycles. The number of aliphatic imine (C=N–C) groups is 1. The van der Waals surface area contributed by atoms with Gasteiger partial charge in [0.05, 0.1) is 17.0 Å². The van der Waals surface area contributed by atoms with Crippen LogP contribution in [0.5, 0.6) is 0 Å². The number of halogens is 3. The molecule has 0 radical (unpaired) electrons. The average Bonchev–Trinajstić information content (AvgIpc) is 2.78. The van der Waals surface area contributed by atoms with Crippen LogP contribution in [0.2, 0.25) is 0 Å². The highest BCUT2D eigenvalue weighted by molar-refractivity contribution is 6.49. The maximum Gasteiger partial charge on any atom is 0.431 e. The lowest BCUT2D eigenvalue weighted by atomic mass is 9.83. The topological polar surface area (TPSA) is 204 Å². The third-order valence-electron chi connectivity index (χ3n) is 5.50. The van der Waals surface area contributed by atoms with Crippen LogP contribution in [0.1, 0.15) is 42.1 Å². The summed E-state index contributed by atoms with van der Waals surface area (Å²) in [7, 11) is 0. The van der Waals surface area contributed by atoms with E-state index in [0.717, 1.165) is 0 Å². The summed E-state index contributed by atoms with van der Waals surface area (Å²) in [5.41, 5.74) is 15.7. The summed E-state index contributed by atoms with van der Waals surface area (Å²) in [6, 6.07) is 2.87. The number of nitrogens with two attached hydrogens (primary N) is 3. The van der Waals surface area contributed by atoms with Gasteiger partial charge in [0, 0.05) is 28.4 Å². The van der Waals surface area contributed by atoms with E-state index in [1.165, 1.54) is 19.1 Å². The first-order valence-corrected chi connectivity index (χ1v) is 10.5. The first kappa shape index (κ1) is 25.3. The number of pyridine rings is 1. The van der Waals surface area contributed by atoms with E-state index in [0.29, 0.717) is 48.4 Å². The molecule has 0 atom stereocenters. The minimum Gasteiger partial charge on any atom is -0.398 e. The van der Waals surface area contributed by atoms with Crippen molar-refractivity contribution in [1.29, 1.82) is 16.2 Å². The second kappa shape index (κ2) is 9.52. The highest BCUT2D eigenvalue weighted by atomic mass is 19.4. The van der Waals surface area contributed by atoms with E-state index in [9.17, 15) is 18.0 Å². The van der Waals surface area contributed by atoms with Crippen molar-refractivity contribution in [2.45, 2.75) is 38.8 Å². The maximum absolute atomic E-state index is 13.4. The van der Waals surface area contributed by atoms with Gasteiger partial charge in [-0.25, -0.2) is 9.98 Å². The molecule has 2 aromatic rings. The molecule has 3 rings (SSSR count). The fourth-order valence-corrected chi connectivity index (χ4v) is 4.04.